The summed E-state index contributed by atoms with van der Waals surface area (Å²) in [5.41, 5.74) is 5.81. The van der Waals surface area contributed by atoms with E-state index in [1.165, 1.54) is 0 Å². The largest absolute Gasteiger partial charge is 0.326 e. The minimum absolute atomic E-state index is 0.0194. The minimum Gasteiger partial charge on any atom is -0.326 e. The van der Waals surface area contributed by atoms with Crippen LogP contribution in [0, 0.1) is 17.2 Å². The van der Waals surface area contributed by atoms with Crippen LogP contribution in [-0.4, -0.2) is 30.1 Å². The Balaban J connectivity index is 2.48. The van der Waals surface area contributed by atoms with E-state index in [1.54, 1.807) is 0 Å². The van der Waals surface area contributed by atoms with Crippen LogP contribution in [0.3, 0.4) is 0 Å². The molecule has 1 aliphatic rings. The van der Waals surface area contributed by atoms with Gasteiger partial charge in [0.05, 0.1) is 12.1 Å². The van der Waals surface area contributed by atoms with Crippen LogP contribution in [0.15, 0.2) is 0 Å². The third kappa shape index (κ3) is 1.70. The molecule has 0 aromatic carbocycles. The Morgan fingerprint density at radius 1 is 1.64 bits per heavy atom. The summed E-state index contributed by atoms with van der Waals surface area (Å²) in [6.45, 7) is 5.89. The van der Waals surface area contributed by atoms with Crippen molar-refractivity contribution in [3.8, 4) is 6.07 Å². The van der Waals surface area contributed by atoms with Gasteiger partial charge < -0.3 is 5.73 Å². The van der Waals surface area contributed by atoms with E-state index in [-0.39, 0.29) is 12.1 Å². The molecule has 1 heterocycles. The first-order chi connectivity index (χ1) is 5.15. The van der Waals surface area contributed by atoms with E-state index in [4.69, 9.17) is 11.0 Å². The molecule has 1 fully saturated rings. The fourth-order valence-electron chi connectivity index (χ4n) is 1.43. The quantitative estimate of drug-likeness (QED) is 0.584. The SMILES string of the molecule is CC1CN(C(C)C#N)CC1N. The molecule has 0 aromatic heterocycles. The molecule has 1 aliphatic heterocycles. The van der Waals surface area contributed by atoms with Gasteiger partial charge in [-0.3, -0.25) is 4.90 Å². The Kier molecular flexibility index (Phi) is 2.48. The number of nitriles is 1. The minimum atomic E-state index is 0.0194. The van der Waals surface area contributed by atoms with Crippen molar-refractivity contribution in [2.45, 2.75) is 25.9 Å². The number of rotatable bonds is 1. The van der Waals surface area contributed by atoms with Gasteiger partial charge in [-0.05, 0) is 12.8 Å². The molecular weight excluding hydrogens is 138 g/mol. The maximum absolute atomic E-state index is 8.64. The number of nitrogens with two attached hydrogens (primary N) is 1. The van der Waals surface area contributed by atoms with E-state index in [9.17, 15) is 0 Å². The fourth-order valence-corrected chi connectivity index (χ4v) is 1.43. The number of hydrogen-bond donors (Lipinski definition) is 1. The highest BCUT2D eigenvalue weighted by Gasteiger charge is 2.29. The van der Waals surface area contributed by atoms with Crippen molar-refractivity contribution in [1.29, 1.82) is 5.26 Å². The van der Waals surface area contributed by atoms with E-state index in [0.29, 0.717) is 5.92 Å². The highest BCUT2D eigenvalue weighted by atomic mass is 15.2. The molecule has 3 atom stereocenters. The zero-order chi connectivity index (χ0) is 8.43. The Hall–Kier alpha value is -0.590. The Labute approximate surface area is 67.8 Å². The average molecular weight is 153 g/mol. The first kappa shape index (κ1) is 8.51. The first-order valence-electron chi connectivity index (χ1n) is 4.04. The molecule has 1 rings (SSSR count). The van der Waals surface area contributed by atoms with Gasteiger partial charge >= 0.3 is 0 Å². The van der Waals surface area contributed by atoms with Crippen LogP contribution in [0.4, 0.5) is 0 Å². The number of hydrogen-bond acceptors (Lipinski definition) is 3. The van der Waals surface area contributed by atoms with Gasteiger partial charge in [-0.1, -0.05) is 6.92 Å². The molecule has 3 nitrogen and oxygen atoms in total. The second kappa shape index (κ2) is 3.21. The van der Waals surface area contributed by atoms with Crippen molar-refractivity contribution in [1.82, 2.24) is 4.90 Å². The van der Waals surface area contributed by atoms with Crippen LogP contribution in [0.1, 0.15) is 13.8 Å². The zero-order valence-electron chi connectivity index (χ0n) is 7.12. The summed E-state index contributed by atoms with van der Waals surface area (Å²) in [5, 5.41) is 8.64. The van der Waals surface area contributed by atoms with Gasteiger partial charge in [0.15, 0.2) is 0 Å². The predicted molar refractivity (Wildman–Crippen MR) is 43.8 cm³/mol. The molecule has 0 amide bonds. The fraction of sp³-hybridized carbons (Fsp3) is 0.875. The van der Waals surface area contributed by atoms with Gasteiger partial charge in [0.2, 0.25) is 0 Å². The van der Waals surface area contributed by atoms with Crippen molar-refractivity contribution in [2.24, 2.45) is 11.7 Å². The summed E-state index contributed by atoms with van der Waals surface area (Å²) in [5.74, 6) is 0.533. The van der Waals surface area contributed by atoms with Crippen LogP contribution in [0.2, 0.25) is 0 Å². The number of likely N-dealkylation sites (tertiary alicyclic amines) is 1. The Morgan fingerprint density at radius 2 is 2.27 bits per heavy atom. The molecule has 0 aliphatic carbocycles. The van der Waals surface area contributed by atoms with E-state index >= 15 is 0 Å². The molecule has 3 unspecified atom stereocenters. The lowest BCUT2D eigenvalue weighted by atomic mass is 10.1. The summed E-state index contributed by atoms with van der Waals surface area (Å²) < 4.78 is 0. The Bertz CT molecular complexity index is 163. The maximum Gasteiger partial charge on any atom is 0.0950 e. The van der Waals surface area contributed by atoms with Gasteiger partial charge in [0, 0.05) is 19.1 Å². The monoisotopic (exact) mass is 153 g/mol. The van der Waals surface area contributed by atoms with Crippen LogP contribution < -0.4 is 5.73 Å². The third-order valence-electron chi connectivity index (χ3n) is 2.43. The molecule has 0 radical (unpaired) electrons. The second-order valence-corrected chi connectivity index (χ2v) is 3.40. The van der Waals surface area contributed by atoms with Crippen molar-refractivity contribution < 1.29 is 0 Å². The van der Waals surface area contributed by atoms with E-state index in [0.717, 1.165) is 13.1 Å². The van der Waals surface area contributed by atoms with Crippen molar-refractivity contribution in [3.63, 3.8) is 0 Å². The smallest absolute Gasteiger partial charge is 0.0950 e. The molecular formula is C8H15N3. The number of nitrogens with zero attached hydrogens (tertiary/aromatic N) is 2. The lowest BCUT2D eigenvalue weighted by molar-refractivity contribution is 0.294. The van der Waals surface area contributed by atoms with Crippen LogP contribution in [0.25, 0.3) is 0 Å². The average Bonchev–Trinajstić information content (AvgIpc) is 2.31. The molecule has 0 aromatic rings. The van der Waals surface area contributed by atoms with E-state index in [1.807, 2.05) is 6.92 Å². The maximum atomic E-state index is 8.64. The molecule has 62 valence electrons. The van der Waals surface area contributed by atoms with Gasteiger partial charge in [-0.15, -0.1) is 0 Å². The third-order valence-corrected chi connectivity index (χ3v) is 2.43. The lowest BCUT2D eigenvalue weighted by Gasteiger charge is -2.16. The molecule has 11 heavy (non-hydrogen) atoms. The van der Waals surface area contributed by atoms with Crippen molar-refractivity contribution in [3.05, 3.63) is 0 Å². The molecule has 1 saturated heterocycles. The lowest BCUT2D eigenvalue weighted by Crippen LogP contribution is -2.32. The van der Waals surface area contributed by atoms with Gasteiger partial charge in [0.1, 0.15) is 0 Å². The van der Waals surface area contributed by atoms with Crippen LogP contribution >= 0.6 is 0 Å². The topological polar surface area (TPSA) is 53.0 Å². The van der Waals surface area contributed by atoms with Crippen LogP contribution in [-0.2, 0) is 0 Å². The summed E-state index contributed by atoms with van der Waals surface area (Å²) in [6.07, 6.45) is 0. The molecule has 0 saturated carbocycles. The predicted octanol–water partition coefficient (Wildman–Crippen LogP) is 0.177. The van der Waals surface area contributed by atoms with Crippen molar-refractivity contribution >= 4 is 0 Å². The normalized spacial score (nSPS) is 35.1. The molecule has 0 bridgehead atoms. The highest BCUT2D eigenvalue weighted by Crippen LogP contribution is 2.16. The summed E-state index contributed by atoms with van der Waals surface area (Å²) in [7, 11) is 0. The first-order valence-corrected chi connectivity index (χ1v) is 4.04. The van der Waals surface area contributed by atoms with E-state index < -0.39 is 0 Å². The molecule has 2 N–H and O–H groups in total. The second-order valence-electron chi connectivity index (χ2n) is 3.40. The Morgan fingerprint density at radius 3 is 2.64 bits per heavy atom. The standard InChI is InChI=1S/C8H15N3/c1-6-4-11(5-8(6)10)7(2)3-9/h6-8H,4-5,10H2,1-2H3. The van der Waals surface area contributed by atoms with Gasteiger partial charge in [-0.2, -0.15) is 5.26 Å². The summed E-state index contributed by atoms with van der Waals surface area (Å²) in [6, 6.07) is 2.49. The molecule has 0 spiro atoms. The summed E-state index contributed by atoms with van der Waals surface area (Å²) >= 11 is 0. The zero-order valence-corrected chi connectivity index (χ0v) is 7.12. The van der Waals surface area contributed by atoms with Gasteiger partial charge in [0.25, 0.3) is 0 Å². The highest BCUT2D eigenvalue weighted by molar-refractivity contribution is 4.94. The summed E-state index contributed by atoms with van der Waals surface area (Å²) in [4.78, 5) is 2.13. The van der Waals surface area contributed by atoms with Crippen molar-refractivity contribution in [2.75, 3.05) is 13.1 Å². The van der Waals surface area contributed by atoms with Gasteiger partial charge in [-0.25, -0.2) is 0 Å². The van der Waals surface area contributed by atoms with E-state index in [2.05, 4.69) is 17.9 Å². The van der Waals surface area contributed by atoms with Crippen LogP contribution in [0.5, 0.6) is 0 Å². The molecule has 3 heteroatoms.